The Labute approximate surface area is 267 Å². The number of ether oxygens (including phenoxy) is 2. The van der Waals surface area contributed by atoms with E-state index in [1.165, 1.54) is 4.90 Å². The third-order valence-corrected chi connectivity index (χ3v) is 8.73. The van der Waals surface area contributed by atoms with Crippen molar-refractivity contribution in [2.24, 2.45) is 5.41 Å². The van der Waals surface area contributed by atoms with E-state index in [1.54, 1.807) is 29.5 Å². The van der Waals surface area contributed by atoms with Crippen molar-refractivity contribution in [2.45, 2.75) is 58.8 Å². The molecule has 2 aromatic carbocycles. The first-order chi connectivity index (χ1) is 20.9. The Hall–Kier alpha value is -3.22. The lowest BCUT2D eigenvalue weighted by atomic mass is 9.85. The minimum atomic E-state index is -0.769. The predicted molar refractivity (Wildman–Crippen MR) is 174 cm³/mol. The number of carbonyl (C=O) groups is 2. The topological polar surface area (TPSA) is 139 Å². The second kappa shape index (κ2) is 15.2. The number of benzene rings is 2. The van der Waals surface area contributed by atoms with Crippen LogP contribution in [-0.2, 0) is 20.9 Å². The maximum atomic E-state index is 13.8. The van der Waals surface area contributed by atoms with Crippen molar-refractivity contribution in [1.29, 1.82) is 0 Å². The number of halogens is 1. The number of nitrogens with zero attached hydrogens (tertiary/aromatic N) is 2. The first-order valence-corrected chi connectivity index (χ1v) is 15.9. The number of aliphatic hydroxyl groups is 1. The fourth-order valence-electron chi connectivity index (χ4n) is 5.11. The Balaban J connectivity index is 1.27. The summed E-state index contributed by atoms with van der Waals surface area (Å²) in [5.41, 5.74) is 10.7. The first kappa shape index (κ1) is 33.7. The average molecular weight is 644 g/mol. The summed E-state index contributed by atoms with van der Waals surface area (Å²) in [6.07, 6.45) is -0.577. The molecule has 1 aromatic heterocycles. The summed E-state index contributed by atoms with van der Waals surface area (Å²) >= 11 is 7.71. The zero-order valence-electron chi connectivity index (χ0n) is 25.6. The molecule has 2 heterocycles. The second-order valence-electron chi connectivity index (χ2n) is 12.0. The number of aryl methyl sites for hydroxylation is 1. The van der Waals surface area contributed by atoms with E-state index in [0.29, 0.717) is 49.4 Å². The van der Waals surface area contributed by atoms with Gasteiger partial charge in [-0.2, -0.15) is 0 Å². The number of nitrogens with one attached hydrogen (secondary N) is 2. The van der Waals surface area contributed by atoms with Crippen LogP contribution in [-0.4, -0.2) is 77.9 Å². The molecule has 1 aliphatic heterocycles. The van der Waals surface area contributed by atoms with Gasteiger partial charge in [0.15, 0.2) is 0 Å². The number of amides is 2. The summed E-state index contributed by atoms with van der Waals surface area (Å²) in [6, 6.07) is 11.7. The Bertz CT molecular complexity index is 1410. The number of aromatic nitrogens is 1. The number of nitrogens with two attached hydrogens (primary N) is 1. The van der Waals surface area contributed by atoms with Crippen LogP contribution < -0.4 is 21.1 Å². The molecule has 3 atom stereocenters. The molecule has 44 heavy (non-hydrogen) atoms. The van der Waals surface area contributed by atoms with Gasteiger partial charge >= 0.3 is 0 Å². The molecule has 238 valence electrons. The van der Waals surface area contributed by atoms with Gasteiger partial charge in [-0.05, 0) is 35.6 Å². The Kier molecular flexibility index (Phi) is 11.6. The normalized spacial score (nSPS) is 17.5. The summed E-state index contributed by atoms with van der Waals surface area (Å²) in [6.45, 7) is 9.68. The standard InChI is InChI=1S/C32H42ClN5O5S/c1-20-28(44-19-37-20)22-7-5-21(6-8-22)17-36-30(40)26-16-24(39)18-38(26)31(41)29(32(2,3)4)35-11-12-42-13-14-43-27-15-23(34)9-10-25(27)33/h5-10,15,19,24,26,29,35,39H,11-14,16-18,34H2,1-4H3,(H,36,40)/t24-,26+,29-/m1/s1. The first-order valence-electron chi connectivity index (χ1n) is 14.7. The lowest BCUT2D eigenvalue weighted by Crippen LogP contribution is -2.57. The van der Waals surface area contributed by atoms with Gasteiger partial charge < -0.3 is 35.8 Å². The van der Waals surface area contributed by atoms with Gasteiger partial charge in [-0.25, -0.2) is 4.98 Å². The van der Waals surface area contributed by atoms with Crippen LogP contribution in [0, 0.1) is 12.3 Å². The quantitative estimate of drug-likeness (QED) is 0.162. The Morgan fingerprint density at radius 2 is 1.93 bits per heavy atom. The number of aliphatic hydroxyl groups excluding tert-OH is 1. The molecular formula is C32H42ClN5O5S. The smallest absolute Gasteiger partial charge is 0.243 e. The van der Waals surface area contributed by atoms with E-state index < -0.39 is 23.6 Å². The largest absolute Gasteiger partial charge is 0.490 e. The van der Waals surface area contributed by atoms with Crippen molar-refractivity contribution < 1.29 is 24.2 Å². The van der Waals surface area contributed by atoms with Gasteiger partial charge in [-0.15, -0.1) is 11.3 Å². The number of hydrogen-bond donors (Lipinski definition) is 4. The molecule has 1 saturated heterocycles. The summed E-state index contributed by atoms with van der Waals surface area (Å²) in [5, 5.41) is 17.2. The van der Waals surface area contributed by atoms with Crippen molar-refractivity contribution in [1.82, 2.24) is 20.5 Å². The van der Waals surface area contributed by atoms with Crippen LogP contribution in [0.25, 0.3) is 10.4 Å². The molecule has 5 N–H and O–H groups in total. The van der Waals surface area contributed by atoms with E-state index in [-0.39, 0.29) is 24.8 Å². The minimum absolute atomic E-state index is 0.106. The van der Waals surface area contributed by atoms with Crippen molar-refractivity contribution in [3.8, 4) is 16.2 Å². The van der Waals surface area contributed by atoms with E-state index >= 15 is 0 Å². The highest BCUT2D eigenvalue weighted by Crippen LogP contribution is 2.29. The summed E-state index contributed by atoms with van der Waals surface area (Å²) in [4.78, 5) is 34.0. The summed E-state index contributed by atoms with van der Waals surface area (Å²) < 4.78 is 11.3. The lowest BCUT2D eigenvalue weighted by molar-refractivity contribution is -0.142. The Morgan fingerprint density at radius 3 is 2.61 bits per heavy atom. The molecule has 0 radical (unpaired) electrons. The number of β-amino-alcohol motifs (C(OH)–C–C–N with tert-alkyl or cyclic N) is 1. The molecule has 12 heteroatoms. The van der Waals surface area contributed by atoms with Gasteiger partial charge in [0, 0.05) is 37.8 Å². The number of rotatable bonds is 13. The minimum Gasteiger partial charge on any atom is -0.490 e. The highest BCUT2D eigenvalue weighted by Gasteiger charge is 2.43. The average Bonchev–Trinajstić information content (AvgIpc) is 3.59. The molecule has 0 saturated carbocycles. The van der Waals surface area contributed by atoms with Crippen LogP contribution in [0.3, 0.4) is 0 Å². The highest BCUT2D eigenvalue weighted by molar-refractivity contribution is 7.13. The molecule has 0 unspecified atom stereocenters. The molecule has 2 amide bonds. The zero-order chi connectivity index (χ0) is 31.9. The molecular weight excluding hydrogens is 602 g/mol. The van der Waals surface area contributed by atoms with Gasteiger partial charge in [-0.1, -0.05) is 56.6 Å². The monoisotopic (exact) mass is 643 g/mol. The van der Waals surface area contributed by atoms with Crippen LogP contribution in [0.2, 0.25) is 5.02 Å². The van der Waals surface area contributed by atoms with Gasteiger partial charge in [0.2, 0.25) is 11.8 Å². The molecule has 10 nitrogen and oxygen atoms in total. The molecule has 0 bridgehead atoms. The van der Waals surface area contributed by atoms with Crippen molar-refractivity contribution in [3.63, 3.8) is 0 Å². The van der Waals surface area contributed by atoms with Crippen molar-refractivity contribution >= 4 is 40.4 Å². The summed E-state index contributed by atoms with van der Waals surface area (Å²) in [7, 11) is 0. The van der Waals surface area contributed by atoms with Gasteiger partial charge in [-0.3, -0.25) is 9.59 Å². The molecule has 4 rings (SSSR count). The maximum absolute atomic E-state index is 13.8. The third kappa shape index (κ3) is 8.92. The number of hydrogen-bond acceptors (Lipinski definition) is 9. The van der Waals surface area contributed by atoms with E-state index in [2.05, 4.69) is 15.6 Å². The fraction of sp³-hybridized carbons (Fsp3) is 0.469. The van der Waals surface area contributed by atoms with Gasteiger partial charge in [0.25, 0.3) is 0 Å². The number of anilines is 1. The zero-order valence-corrected chi connectivity index (χ0v) is 27.2. The molecule has 0 spiro atoms. The van der Waals surface area contributed by atoms with Gasteiger partial charge in [0.1, 0.15) is 18.4 Å². The van der Waals surface area contributed by atoms with E-state index in [0.717, 1.165) is 21.7 Å². The number of likely N-dealkylation sites (tertiary alicyclic amines) is 1. The van der Waals surface area contributed by atoms with Crippen molar-refractivity contribution in [2.75, 3.05) is 38.6 Å². The predicted octanol–water partition coefficient (Wildman–Crippen LogP) is 4.03. The van der Waals surface area contributed by atoms with E-state index in [1.807, 2.05) is 57.5 Å². The molecule has 1 fully saturated rings. The van der Waals surface area contributed by atoms with Crippen LogP contribution in [0.15, 0.2) is 48.0 Å². The fourth-order valence-corrected chi connectivity index (χ4v) is 6.10. The summed E-state index contributed by atoms with van der Waals surface area (Å²) in [5.74, 6) is -0.00950. The van der Waals surface area contributed by atoms with Crippen LogP contribution in [0.4, 0.5) is 5.69 Å². The molecule has 1 aliphatic rings. The lowest BCUT2D eigenvalue weighted by Gasteiger charge is -2.35. The van der Waals surface area contributed by atoms with Gasteiger partial charge in [0.05, 0.1) is 46.5 Å². The Morgan fingerprint density at radius 1 is 1.18 bits per heavy atom. The SMILES string of the molecule is Cc1ncsc1-c1ccc(CNC(=O)[C@@H]2C[C@@H](O)CN2C(=O)[C@@H](NCCOCCOc2cc(N)ccc2Cl)C(C)(C)C)cc1. The number of carbonyl (C=O) groups excluding carboxylic acids is 2. The molecule has 3 aromatic rings. The maximum Gasteiger partial charge on any atom is 0.243 e. The van der Waals surface area contributed by atoms with E-state index in [4.69, 9.17) is 26.8 Å². The second-order valence-corrected chi connectivity index (χ2v) is 13.2. The number of nitrogen functional groups attached to an aromatic ring is 1. The number of thiazole rings is 1. The molecule has 0 aliphatic carbocycles. The van der Waals surface area contributed by atoms with Crippen LogP contribution >= 0.6 is 22.9 Å². The highest BCUT2D eigenvalue weighted by atomic mass is 35.5. The van der Waals surface area contributed by atoms with Crippen LogP contribution in [0.1, 0.15) is 38.4 Å². The van der Waals surface area contributed by atoms with Crippen molar-refractivity contribution in [3.05, 3.63) is 64.3 Å². The van der Waals surface area contributed by atoms with E-state index in [9.17, 15) is 14.7 Å². The third-order valence-electron chi connectivity index (χ3n) is 7.44. The van der Waals surface area contributed by atoms with Crippen LogP contribution in [0.5, 0.6) is 5.75 Å².